The van der Waals surface area contributed by atoms with Gasteiger partial charge in [0.25, 0.3) is 0 Å². The van der Waals surface area contributed by atoms with Crippen LogP contribution in [0.3, 0.4) is 0 Å². The Labute approximate surface area is 281 Å². The summed E-state index contributed by atoms with van der Waals surface area (Å²) >= 11 is 0. The normalized spacial score (nSPS) is 11.7. The van der Waals surface area contributed by atoms with E-state index in [2.05, 4.69) is 111 Å². The van der Waals surface area contributed by atoms with E-state index in [0.29, 0.717) is 17.5 Å². The van der Waals surface area contributed by atoms with E-state index in [9.17, 15) is 0 Å². The van der Waals surface area contributed by atoms with Crippen molar-refractivity contribution in [1.82, 2.24) is 33.5 Å². The summed E-state index contributed by atoms with van der Waals surface area (Å²) in [4.78, 5) is 20.1. The van der Waals surface area contributed by atoms with E-state index in [1.54, 1.807) is 0 Å². The molecule has 6 aromatic carbocycles. The molecule has 0 radical (unpaired) electrons. The molecule has 49 heavy (non-hydrogen) atoms. The maximum absolute atomic E-state index is 5.37. The molecule has 0 saturated carbocycles. The van der Waals surface area contributed by atoms with Crippen LogP contribution in [-0.2, 0) is 0 Å². The van der Waals surface area contributed by atoms with Crippen molar-refractivity contribution >= 4 is 38.9 Å². The number of fused-ring (bicyclic) bond motifs is 7. The third-order valence-electron chi connectivity index (χ3n) is 9.11. The van der Waals surface area contributed by atoms with Gasteiger partial charge in [-0.3, -0.25) is 13.5 Å². The molecule has 0 saturated heterocycles. The zero-order valence-electron chi connectivity index (χ0n) is 26.2. The van der Waals surface area contributed by atoms with Crippen LogP contribution in [-0.4, -0.2) is 33.5 Å². The lowest BCUT2D eigenvalue weighted by Crippen LogP contribution is -2.00. The highest BCUT2D eigenvalue weighted by molar-refractivity contribution is 6.09. The monoisotopic (exact) mass is 629 g/mol. The summed E-state index contributed by atoms with van der Waals surface area (Å²) in [5.41, 5.74) is 10.2. The lowest BCUT2D eigenvalue weighted by molar-refractivity contribution is 1.07. The van der Waals surface area contributed by atoms with E-state index in [0.717, 1.165) is 66.9 Å². The number of hydrogen-bond donors (Lipinski definition) is 0. The highest BCUT2D eigenvalue weighted by atomic mass is 15.2. The van der Waals surface area contributed by atoms with Crippen LogP contribution in [0.5, 0.6) is 0 Å². The topological polar surface area (TPSA) is 65.8 Å². The van der Waals surface area contributed by atoms with Crippen molar-refractivity contribution in [2.24, 2.45) is 0 Å². The van der Waals surface area contributed by atoms with Crippen LogP contribution in [0.15, 0.2) is 164 Å². The third-order valence-corrected chi connectivity index (χ3v) is 9.11. The molecule has 0 amide bonds. The second kappa shape index (κ2) is 10.9. The van der Waals surface area contributed by atoms with Gasteiger partial charge in [-0.25, -0.2) is 15.0 Å². The minimum atomic E-state index is 0.622. The number of aromatic nitrogens is 7. The summed E-state index contributed by atoms with van der Waals surface area (Å²) in [5.74, 6) is 2.76. The van der Waals surface area contributed by atoms with Crippen LogP contribution in [0.1, 0.15) is 0 Å². The lowest BCUT2D eigenvalue weighted by atomic mass is 10.1. The van der Waals surface area contributed by atoms with Gasteiger partial charge in [-0.2, -0.15) is 4.98 Å². The molecular formula is C42H27N7. The molecule has 230 valence electrons. The molecule has 10 aromatic rings. The molecule has 0 atom stereocenters. The largest absolute Gasteiger partial charge is 0.292 e. The van der Waals surface area contributed by atoms with Crippen LogP contribution < -0.4 is 0 Å². The third kappa shape index (κ3) is 4.29. The zero-order chi connectivity index (χ0) is 32.3. The van der Waals surface area contributed by atoms with Gasteiger partial charge in [0.15, 0.2) is 23.1 Å². The van der Waals surface area contributed by atoms with Crippen molar-refractivity contribution in [2.75, 3.05) is 0 Å². The molecule has 0 bridgehead atoms. The van der Waals surface area contributed by atoms with Crippen LogP contribution in [0.2, 0.25) is 0 Å². The fraction of sp³-hybridized carbons (Fsp3) is 0. The van der Waals surface area contributed by atoms with Gasteiger partial charge in [0.05, 0.1) is 16.6 Å². The molecule has 0 fully saturated rings. The van der Waals surface area contributed by atoms with Crippen molar-refractivity contribution in [3.63, 3.8) is 0 Å². The Kier molecular flexibility index (Phi) is 6.04. The first-order valence-electron chi connectivity index (χ1n) is 16.3. The number of imidazole rings is 2. The molecule has 4 aromatic heterocycles. The second-order valence-corrected chi connectivity index (χ2v) is 12.0. The van der Waals surface area contributed by atoms with Crippen LogP contribution in [0.4, 0.5) is 0 Å². The molecular weight excluding hydrogens is 603 g/mol. The number of benzene rings is 6. The van der Waals surface area contributed by atoms with E-state index in [1.165, 1.54) is 0 Å². The lowest BCUT2D eigenvalue weighted by Gasteiger charge is -2.10. The van der Waals surface area contributed by atoms with Crippen molar-refractivity contribution in [1.29, 1.82) is 0 Å². The standard InChI is InChI=1S/C42H27N7/c1-4-14-28(15-5-1)38-43-39(29-16-6-2-7-17-29)45-40(44-38)30-24-26-32(27-25-30)48-35-22-12-13-23-36(35)49-37-33-20-10-11-21-34(33)47(41(37)46-42(48)49)31-18-8-3-9-19-31/h1-27H. The Morgan fingerprint density at radius 1 is 0.347 bits per heavy atom. The maximum atomic E-state index is 5.37. The number of rotatable bonds is 5. The molecule has 0 N–H and O–H groups in total. The van der Waals surface area contributed by atoms with E-state index in [4.69, 9.17) is 19.9 Å². The van der Waals surface area contributed by atoms with E-state index in [-0.39, 0.29) is 0 Å². The Morgan fingerprint density at radius 3 is 1.43 bits per heavy atom. The number of para-hydroxylation sites is 4. The Balaban J connectivity index is 1.16. The van der Waals surface area contributed by atoms with E-state index < -0.39 is 0 Å². The number of hydrogen-bond acceptors (Lipinski definition) is 4. The quantitative estimate of drug-likeness (QED) is 0.190. The summed E-state index contributed by atoms with van der Waals surface area (Å²) in [6.45, 7) is 0. The van der Waals surface area contributed by atoms with Gasteiger partial charge < -0.3 is 0 Å². The molecule has 7 heteroatoms. The summed E-state index contributed by atoms with van der Waals surface area (Å²) in [7, 11) is 0. The summed E-state index contributed by atoms with van der Waals surface area (Å²) in [6, 6.07) is 56.0. The SMILES string of the molecule is c1ccc(-c2nc(-c3ccccc3)nc(-c3ccc(-n4c5ccccc5n5c6c7ccccc7n(-c7ccccc7)c6nc45)cc3)n2)cc1. The van der Waals surface area contributed by atoms with Gasteiger partial charge in [-0.1, -0.05) is 109 Å². The average Bonchev–Trinajstić information content (AvgIpc) is 3.81. The van der Waals surface area contributed by atoms with Gasteiger partial charge in [0.2, 0.25) is 5.78 Å². The molecule has 10 rings (SSSR count). The number of nitrogens with zero attached hydrogens (tertiary/aromatic N) is 7. The first-order valence-corrected chi connectivity index (χ1v) is 16.3. The fourth-order valence-corrected chi connectivity index (χ4v) is 6.90. The molecule has 0 aliphatic carbocycles. The Hall–Kier alpha value is -6.86. The Morgan fingerprint density at radius 2 is 0.816 bits per heavy atom. The molecule has 7 nitrogen and oxygen atoms in total. The minimum Gasteiger partial charge on any atom is -0.292 e. The zero-order valence-corrected chi connectivity index (χ0v) is 26.2. The fourth-order valence-electron chi connectivity index (χ4n) is 6.90. The highest BCUT2D eigenvalue weighted by Crippen LogP contribution is 2.37. The van der Waals surface area contributed by atoms with Crippen molar-refractivity contribution in [3.8, 4) is 45.5 Å². The summed E-state index contributed by atoms with van der Waals surface area (Å²) < 4.78 is 6.79. The first kappa shape index (κ1) is 27.3. The Bertz CT molecular complexity index is 2740. The van der Waals surface area contributed by atoms with Crippen molar-refractivity contribution in [3.05, 3.63) is 164 Å². The summed E-state index contributed by atoms with van der Waals surface area (Å²) in [6.07, 6.45) is 0. The van der Waals surface area contributed by atoms with Crippen LogP contribution in [0, 0.1) is 0 Å². The van der Waals surface area contributed by atoms with Gasteiger partial charge in [-0.15, -0.1) is 0 Å². The van der Waals surface area contributed by atoms with E-state index >= 15 is 0 Å². The smallest absolute Gasteiger partial charge is 0.222 e. The predicted octanol–water partition coefficient (Wildman–Crippen LogP) is 9.56. The van der Waals surface area contributed by atoms with Crippen molar-refractivity contribution < 1.29 is 0 Å². The molecule has 4 heterocycles. The second-order valence-electron chi connectivity index (χ2n) is 12.0. The van der Waals surface area contributed by atoms with Crippen LogP contribution >= 0.6 is 0 Å². The van der Waals surface area contributed by atoms with Crippen LogP contribution in [0.25, 0.3) is 84.4 Å². The highest BCUT2D eigenvalue weighted by Gasteiger charge is 2.23. The summed E-state index contributed by atoms with van der Waals surface area (Å²) in [5, 5.41) is 1.16. The first-order chi connectivity index (χ1) is 24.3. The predicted molar refractivity (Wildman–Crippen MR) is 196 cm³/mol. The van der Waals surface area contributed by atoms with Gasteiger partial charge in [0.1, 0.15) is 5.52 Å². The van der Waals surface area contributed by atoms with E-state index in [1.807, 2.05) is 66.7 Å². The van der Waals surface area contributed by atoms with Crippen molar-refractivity contribution in [2.45, 2.75) is 0 Å². The maximum Gasteiger partial charge on any atom is 0.222 e. The molecule has 0 unspecified atom stereocenters. The van der Waals surface area contributed by atoms with Gasteiger partial charge >= 0.3 is 0 Å². The van der Waals surface area contributed by atoms with Gasteiger partial charge in [0, 0.05) is 33.5 Å². The molecule has 0 aliphatic heterocycles. The minimum absolute atomic E-state index is 0.622. The van der Waals surface area contributed by atoms with Gasteiger partial charge in [-0.05, 0) is 54.6 Å². The molecule has 0 spiro atoms. The molecule has 0 aliphatic rings. The average molecular weight is 630 g/mol.